The van der Waals surface area contributed by atoms with Crippen molar-refractivity contribution in [2.75, 3.05) is 7.11 Å². The highest BCUT2D eigenvalue weighted by Crippen LogP contribution is 2.21. The van der Waals surface area contributed by atoms with E-state index in [4.69, 9.17) is 4.74 Å². The molecule has 0 amide bonds. The van der Waals surface area contributed by atoms with Crippen molar-refractivity contribution in [1.29, 1.82) is 0 Å². The number of benzene rings is 2. The number of hydrogen-bond acceptors (Lipinski definition) is 4. The van der Waals surface area contributed by atoms with Crippen LogP contribution in [0.5, 0.6) is 0 Å². The number of esters is 1. The van der Waals surface area contributed by atoms with E-state index in [0.29, 0.717) is 17.5 Å². The molecule has 2 heterocycles. The van der Waals surface area contributed by atoms with Crippen LogP contribution in [0.25, 0.3) is 5.69 Å². The Bertz CT molecular complexity index is 1400. The fourth-order valence-corrected chi connectivity index (χ4v) is 4.20. The first kappa shape index (κ1) is 23.2. The summed E-state index contributed by atoms with van der Waals surface area (Å²) >= 11 is 0. The third-order valence-electron chi connectivity index (χ3n) is 6.16. The quantitative estimate of drug-likeness (QED) is 0.386. The van der Waals surface area contributed by atoms with Crippen LogP contribution < -0.4 is 5.56 Å². The van der Waals surface area contributed by atoms with E-state index in [9.17, 15) is 9.59 Å². The second kappa shape index (κ2) is 9.51. The molecule has 0 aliphatic heterocycles. The van der Waals surface area contributed by atoms with E-state index < -0.39 is 5.97 Å². The van der Waals surface area contributed by atoms with Gasteiger partial charge in [-0.3, -0.25) is 4.79 Å². The first-order valence-electron chi connectivity index (χ1n) is 11.3. The number of methoxy groups -OCH3 is 1. The molecule has 4 rings (SSSR count). The first-order valence-corrected chi connectivity index (χ1v) is 11.3. The normalized spacial score (nSPS) is 11.9. The van der Waals surface area contributed by atoms with E-state index in [0.717, 1.165) is 33.6 Å². The number of aromatic nitrogens is 3. The van der Waals surface area contributed by atoms with Gasteiger partial charge in [0, 0.05) is 30.1 Å². The summed E-state index contributed by atoms with van der Waals surface area (Å²) in [5, 5.41) is 0. The zero-order valence-corrected chi connectivity index (χ0v) is 20.2. The molecule has 4 aromatic rings. The van der Waals surface area contributed by atoms with Crippen LogP contribution in [0.1, 0.15) is 56.8 Å². The Morgan fingerprint density at radius 3 is 2.38 bits per heavy atom. The second-order valence-corrected chi connectivity index (χ2v) is 8.76. The van der Waals surface area contributed by atoms with E-state index in [-0.39, 0.29) is 11.6 Å². The molecule has 0 saturated carbocycles. The highest BCUT2D eigenvalue weighted by Gasteiger charge is 2.18. The minimum atomic E-state index is -0.465. The van der Waals surface area contributed by atoms with Crippen molar-refractivity contribution >= 4 is 5.97 Å². The number of carbonyl (C=O) groups is 1. The van der Waals surface area contributed by atoms with Gasteiger partial charge in [-0.2, -0.15) is 0 Å². The van der Waals surface area contributed by atoms with Crippen LogP contribution in [-0.2, 0) is 11.2 Å². The molecule has 6 nitrogen and oxygen atoms in total. The summed E-state index contributed by atoms with van der Waals surface area (Å²) in [6, 6.07) is 15.6. The summed E-state index contributed by atoms with van der Waals surface area (Å²) in [5.41, 5.74) is 7.00. The molecule has 1 atom stereocenters. The van der Waals surface area contributed by atoms with Crippen LogP contribution in [0.2, 0.25) is 0 Å². The Kier molecular flexibility index (Phi) is 6.50. The molecule has 174 valence electrons. The van der Waals surface area contributed by atoms with Gasteiger partial charge in [0.05, 0.1) is 30.7 Å². The van der Waals surface area contributed by atoms with Crippen molar-refractivity contribution in [3.8, 4) is 5.69 Å². The van der Waals surface area contributed by atoms with Crippen LogP contribution >= 0.6 is 0 Å². The fourth-order valence-electron chi connectivity index (χ4n) is 4.20. The van der Waals surface area contributed by atoms with Crippen molar-refractivity contribution in [2.24, 2.45) is 0 Å². The Hall–Kier alpha value is -3.93. The van der Waals surface area contributed by atoms with Gasteiger partial charge >= 0.3 is 5.97 Å². The summed E-state index contributed by atoms with van der Waals surface area (Å²) < 4.78 is 8.58. The smallest absolute Gasteiger partial charge is 0.339 e. The molecule has 0 aliphatic carbocycles. The molecule has 0 aliphatic rings. The van der Waals surface area contributed by atoms with Gasteiger partial charge in [0.15, 0.2) is 0 Å². The van der Waals surface area contributed by atoms with E-state index in [2.05, 4.69) is 11.1 Å². The zero-order valence-electron chi connectivity index (χ0n) is 20.2. The van der Waals surface area contributed by atoms with Crippen molar-refractivity contribution in [2.45, 2.75) is 40.2 Å². The molecule has 0 bridgehead atoms. The van der Waals surface area contributed by atoms with Crippen LogP contribution in [-0.4, -0.2) is 27.2 Å². The Morgan fingerprint density at radius 2 is 1.76 bits per heavy atom. The molecule has 0 fully saturated rings. The topological polar surface area (TPSA) is 66.1 Å². The standard InChI is InChI=1S/C28H29N3O3/c1-18-6-9-23(10-7-18)21(4)31-16-25(28(33)34-5)14-24(27(31)32)13-22-8-11-26(19(2)12-22)30-15-20(3)29-17-30/h6-12,14-17,21H,13H2,1-5H3. The number of rotatable bonds is 6. The molecule has 2 aromatic carbocycles. The van der Waals surface area contributed by atoms with E-state index in [1.807, 2.05) is 74.9 Å². The summed E-state index contributed by atoms with van der Waals surface area (Å²) in [5.74, 6) is -0.465. The summed E-state index contributed by atoms with van der Waals surface area (Å²) in [6.45, 7) is 7.98. The maximum atomic E-state index is 13.5. The van der Waals surface area contributed by atoms with Gasteiger partial charge in [0.25, 0.3) is 5.56 Å². The highest BCUT2D eigenvalue weighted by atomic mass is 16.5. The molecule has 0 radical (unpaired) electrons. The summed E-state index contributed by atoms with van der Waals surface area (Å²) in [6.07, 6.45) is 5.78. The van der Waals surface area contributed by atoms with Crippen LogP contribution in [0.15, 0.2) is 72.0 Å². The molecule has 0 saturated heterocycles. The lowest BCUT2D eigenvalue weighted by Crippen LogP contribution is -2.28. The third-order valence-corrected chi connectivity index (χ3v) is 6.16. The molecule has 2 aromatic heterocycles. The molecule has 1 unspecified atom stereocenters. The first-order chi connectivity index (χ1) is 16.3. The lowest BCUT2D eigenvalue weighted by molar-refractivity contribution is 0.0599. The van der Waals surface area contributed by atoms with Gasteiger partial charge in [-0.05, 0) is 56.5 Å². The third kappa shape index (κ3) is 4.71. The lowest BCUT2D eigenvalue weighted by atomic mass is 10.0. The van der Waals surface area contributed by atoms with Gasteiger partial charge < -0.3 is 13.9 Å². The summed E-state index contributed by atoms with van der Waals surface area (Å²) in [4.78, 5) is 30.2. The lowest BCUT2D eigenvalue weighted by Gasteiger charge is -2.19. The van der Waals surface area contributed by atoms with Crippen molar-refractivity contribution in [3.63, 3.8) is 0 Å². The SMILES string of the molecule is COC(=O)c1cc(Cc2ccc(-n3cnc(C)c3)c(C)c2)c(=O)n(C(C)c2ccc(C)cc2)c1. The molecule has 0 spiro atoms. The number of nitrogens with zero attached hydrogens (tertiary/aromatic N) is 3. The van der Waals surface area contributed by atoms with Crippen LogP contribution in [0.3, 0.4) is 0 Å². The van der Waals surface area contributed by atoms with Gasteiger partial charge in [0.2, 0.25) is 0 Å². The maximum Gasteiger partial charge on any atom is 0.339 e. The van der Waals surface area contributed by atoms with Gasteiger partial charge in [0.1, 0.15) is 0 Å². The Balaban J connectivity index is 1.73. The fraction of sp³-hybridized carbons (Fsp3) is 0.250. The molecule has 6 heteroatoms. The monoisotopic (exact) mass is 455 g/mol. The van der Waals surface area contributed by atoms with Crippen LogP contribution in [0, 0.1) is 20.8 Å². The Morgan fingerprint density at radius 1 is 1.03 bits per heavy atom. The van der Waals surface area contributed by atoms with Crippen LogP contribution in [0.4, 0.5) is 0 Å². The number of imidazole rings is 1. The van der Waals surface area contributed by atoms with E-state index in [1.165, 1.54) is 7.11 Å². The summed E-state index contributed by atoms with van der Waals surface area (Å²) in [7, 11) is 1.35. The largest absolute Gasteiger partial charge is 0.465 e. The average Bonchev–Trinajstić information content (AvgIpc) is 3.25. The Labute approximate surface area is 199 Å². The number of carbonyl (C=O) groups excluding carboxylic acids is 1. The van der Waals surface area contributed by atoms with Crippen molar-refractivity contribution in [1.82, 2.24) is 14.1 Å². The number of hydrogen-bond donors (Lipinski definition) is 0. The van der Waals surface area contributed by atoms with Crippen molar-refractivity contribution in [3.05, 3.63) is 117 Å². The van der Waals surface area contributed by atoms with Gasteiger partial charge in [-0.15, -0.1) is 0 Å². The minimum Gasteiger partial charge on any atom is -0.465 e. The van der Waals surface area contributed by atoms with Gasteiger partial charge in [-0.1, -0.05) is 42.0 Å². The molecular weight excluding hydrogens is 426 g/mol. The van der Waals surface area contributed by atoms with E-state index in [1.54, 1.807) is 23.2 Å². The second-order valence-electron chi connectivity index (χ2n) is 8.76. The predicted octanol–water partition coefficient (Wildman–Crippen LogP) is 4.95. The molecule has 34 heavy (non-hydrogen) atoms. The van der Waals surface area contributed by atoms with Gasteiger partial charge in [-0.25, -0.2) is 9.78 Å². The number of pyridine rings is 1. The molecule has 0 N–H and O–H groups in total. The molecular formula is C28H29N3O3. The average molecular weight is 456 g/mol. The minimum absolute atomic E-state index is 0.118. The number of ether oxygens (including phenoxy) is 1. The van der Waals surface area contributed by atoms with E-state index >= 15 is 0 Å². The number of aryl methyl sites for hydroxylation is 3. The predicted molar refractivity (Wildman–Crippen MR) is 133 cm³/mol. The maximum absolute atomic E-state index is 13.5. The zero-order chi connectivity index (χ0) is 24.4. The van der Waals surface area contributed by atoms with Crippen molar-refractivity contribution < 1.29 is 9.53 Å². The highest BCUT2D eigenvalue weighted by molar-refractivity contribution is 5.89.